The average molecular weight is 434 g/mol. The largest absolute Gasteiger partial charge is 0.292 e. The Morgan fingerprint density at radius 1 is 1.21 bits per heavy atom. The molecule has 2 aromatic heterocycles. The monoisotopic (exact) mass is 433 g/mol. The Morgan fingerprint density at radius 2 is 1.97 bits per heavy atom. The fourth-order valence-corrected chi connectivity index (χ4v) is 4.02. The summed E-state index contributed by atoms with van der Waals surface area (Å²) in [5.74, 6) is -0.0246. The van der Waals surface area contributed by atoms with E-state index in [2.05, 4.69) is 19.9 Å². The number of carbonyl (C=O) groups is 1. The first-order valence-corrected chi connectivity index (χ1v) is 10.7. The first kappa shape index (κ1) is 20.8. The van der Waals surface area contributed by atoms with E-state index in [0.717, 1.165) is 11.1 Å². The standard InChI is InChI=1S/C19H20ClN5O3S/c1-4-25(17-7-8-22-23-17)19(26)18-16(10-14(20)11-21-18)24-29(27,28)15-6-5-12(2)13(3)9-15/h5-11,24H,4H2,1-3H3,(H,22,23). The minimum Gasteiger partial charge on any atom is -0.292 e. The van der Waals surface area contributed by atoms with Crippen molar-refractivity contribution in [3.05, 3.63) is 64.6 Å². The number of nitrogens with one attached hydrogen (secondary N) is 2. The van der Waals surface area contributed by atoms with Crippen LogP contribution in [-0.2, 0) is 10.0 Å². The maximum Gasteiger partial charge on any atom is 0.280 e. The van der Waals surface area contributed by atoms with Crippen LogP contribution in [0, 0.1) is 13.8 Å². The van der Waals surface area contributed by atoms with Crippen LogP contribution < -0.4 is 9.62 Å². The van der Waals surface area contributed by atoms with E-state index in [1.807, 2.05) is 13.8 Å². The van der Waals surface area contributed by atoms with Gasteiger partial charge in [-0.1, -0.05) is 17.7 Å². The molecule has 0 bridgehead atoms. The summed E-state index contributed by atoms with van der Waals surface area (Å²) in [6.45, 7) is 5.83. The van der Waals surface area contributed by atoms with Crippen LogP contribution in [0.1, 0.15) is 28.5 Å². The van der Waals surface area contributed by atoms with Gasteiger partial charge in [-0.3, -0.25) is 19.5 Å². The Bertz CT molecular complexity index is 1150. The molecule has 3 rings (SSSR count). The molecule has 152 valence electrons. The van der Waals surface area contributed by atoms with Crippen LogP contribution in [0.2, 0.25) is 5.02 Å². The van der Waals surface area contributed by atoms with Crippen molar-refractivity contribution in [1.29, 1.82) is 0 Å². The van der Waals surface area contributed by atoms with Crippen molar-refractivity contribution in [2.24, 2.45) is 0 Å². The number of aromatic nitrogens is 3. The highest BCUT2D eigenvalue weighted by molar-refractivity contribution is 7.92. The van der Waals surface area contributed by atoms with Crippen molar-refractivity contribution in [1.82, 2.24) is 15.2 Å². The Morgan fingerprint density at radius 3 is 2.59 bits per heavy atom. The number of hydrogen-bond donors (Lipinski definition) is 2. The van der Waals surface area contributed by atoms with E-state index in [1.165, 1.54) is 29.4 Å². The molecule has 1 aromatic carbocycles. The Labute approximate surface area is 174 Å². The average Bonchev–Trinajstić information content (AvgIpc) is 3.18. The van der Waals surface area contributed by atoms with Gasteiger partial charge in [-0.05, 0) is 50.1 Å². The third-order valence-electron chi connectivity index (χ3n) is 4.43. The van der Waals surface area contributed by atoms with Gasteiger partial charge in [0.05, 0.1) is 21.8 Å². The van der Waals surface area contributed by atoms with Crippen LogP contribution in [0.3, 0.4) is 0 Å². The molecule has 0 aliphatic carbocycles. The second-order valence-corrected chi connectivity index (χ2v) is 8.51. The summed E-state index contributed by atoms with van der Waals surface area (Å²) in [5.41, 5.74) is 1.74. The highest BCUT2D eigenvalue weighted by Crippen LogP contribution is 2.25. The zero-order chi connectivity index (χ0) is 21.2. The van der Waals surface area contributed by atoms with Gasteiger partial charge in [0.2, 0.25) is 0 Å². The zero-order valence-electron chi connectivity index (χ0n) is 16.1. The molecule has 0 saturated heterocycles. The second kappa shape index (κ2) is 8.22. The number of nitrogens with zero attached hydrogens (tertiary/aromatic N) is 3. The highest BCUT2D eigenvalue weighted by atomic mass is 35.5. The van der Waals surface area contributed by atoms with Gasteiger partial charge in [0.1, 0.15) is 5.82 Å². The lowest BCUT2D eigenvalue weighted by atomic mass is 10.1. The van der Waals surface area contributed by atoms with Gasteiger partial charge >= 0.3 is 0 Å². The smallest absolute Gasteiger partial charge is 0.280 e. The Balaban J connectivity index is 2.00. The molecule has 0 spiro atoms. The Kier molecular flexibility index (Phi) is 5.90. The number of amides is 1. The summed E-state index contributed by atoms with van der Waals surface area (Å²) in [6, 6.07) is 7.80. The van der Waals surface area contributed by atoms with E-state index in [0.29, 0.717) is 12.4 Å². The molecule has 2 N–H and O–H groups in total. The number of rotatable bonds is 6. The number of benzene rings is 1. The topological polar surface area (TPSA) is 108 Å². The van der Waals surface area contributed by atoms with Gasteiger partial charge in [-0.15, -0.1) is 0 Å². The number of aromatic amines is 1. The van der Waals surface area contributed by atoms with E-state index in [-0.39, 0.29) is 21.3 Å². The van der Waals surface area contributed by atoms with Crippen LogP contribution in [-0.4, -0.2) is 36.1 Å². The van der Waals surface area contributed by atoms with Gasteiger partial charge < -0.3 is 0 Å². The lowest BCUT2D eigenvalue weighted by molar-refractivity contribution is 0.0983. The van der Waals surface area contributed by atoms with E-state index in [9.17, 15) is 13.2 Å². The summed E-state index contributed by atoms with van der Waals surface area (Å²) in [5, 5.41) is 6.76. The Hall–Kier alpha value is -2.91. The predicted molar refractivity (Wildman–Crippen MR) is 112 cm³/mol. The lowest BCUT2D eigenvalue weighted by Gasteiger charge is -2.20. The highest BCUT2D eigenvalue weighted by Gasteiger charge is 2.25. The normalized spacial score (nSPS) is 11.3. The van der Waals surface area contributed by atoms with E-state index in [1.54, 1.807) is 25.1 Å². The van der Waals surface area contributed by atoms with Crippen LogP contribution in [0.5, 0.6) is 0 Å². The molecule has 0 aliphatic rings. The quantitative estimate of drug-likeness (QED) is 0.618. The molecule has 8 nitrogen and oxygen atoms in total. The molecule has 0 fully saturated rings. The molecule has 0 saturated carbocycles. The fourth-order valence-electron chi connectivity index (χ4n) is 2.72. The zero-order valence-corrected chi connectivity index (χ0v) is 17.7. The maximum absolute atomic E-state index is 13.1. The van der Waals surface area contributed by atoms with Gasteiger partial charge in [-0.2, -0.15) is 5.10 Å². The van der Waals surface area contributed by atoms with Crippen LogP contribution in [0.4, 0.5) is 11.5 Å². The molecule has 0 radical (unpaired) electrons. The number of halogens is 1. The van der Waals surface area contributed by atoms with Gasteiger partial charge in [0.25, 0.3) is 15.9 Å². The number of aryl methyl sites for hydroxylation is 2. The molecule has 1 amide bonds. The summed E-state index contributed by atoms with van der Waals surface area (Å²) < 4.78 is 28.2. The second-order valence-electron chi connectivity index (χ2n) is 6.39. The SMILES string of the molecule is CCN(C(=O)c1ncc(Cl)cc1NS(=O)(=O)c1ccc(C)c(C)c1)c1ccn[nH]1. The van der Waals surface area contributed by atoms with Crippen LogP contribution in [0.25, 0.3) is 0 Å². The van der Waals surface area contributed by atoms with Gasteiger partial charge in [-0.25, -0.2) is 13.4 Å². The molecule has 3 aromatic rings. The maximum atomic E-state index is 13.1. The van der Waals surface area contributed by atoms with Gasteiger partial charge in [0, 0.05) is 18.8 Å². The first-order valence-electron chi connectivity index (χ1n) is 8.79. The van der Waals surface area contributed by atoms with E-state index < -0.39 is 15.9 Å². The number of anilines is 2. The van der Waals surface area contributed by atoms with E-state index >= 15 is 0 Å². The number of pyridine rings is 1. The molecule has 29 heavy (non-hydrogen) atoms. The fraction of sp³-hybridized carbons (Fsp3) is 0.211. The van der Waals surface area contributed by atoms with Crippen molar-refractivity contribution in [2.45, 2.75) is 25.7 Å². The molecule has 2 heterocycles. The molecule has 10 heteroatoms. The van der Waals surface area contributed by atoms with Crippen molar-refractivity contribution in [3.63, 3.8) is 0 Å². The minimum absolute atomic E-state index is 0.00121. The third-order valence-corrected chi connectivity index (χ3v) is 6.00. The van der Waals surface area contributed by atoms with Crippen molar-refractivity contribution < 1.29 is 13.2 Å². The summed E-state index contributed by atoms with van der Waals surface area (Å²) >= 11 is 6.02. The summed E-state index contributed by atoms with van der Waals surface area (Å²) in [4.78, 5) is 18.6. The number of H-pyrrole nitrogens is 1. The van der Waals surface area contributed by atoms with Crippen LogP contribution in [0.15, 0.2) is 47.6 Å². The van der Waals surface area contributed by atoms with Crippen molar-refractivity contribution in [3.8, 4) is 0 Å². The summed E-state index contributed by atoms with van der Waals surface area (Å²) in [6.07, 6.45) is 2.81. The lowest BCUT2D eigenvalue weighted by Crippen LogP contribution is -2.32. The molecular weight excluding hydrogens is 414 g/mol. The minimum atomic E-state index is -3.95. The third kappa shape index (κ3) is 4.41. The van der Waals surface area contributed by atoms with Gasteiger partial charge in [0.15, 0.2) is 5.69 Å². The van der Waals surface area contributed by atoms with Crippen molar-refractivity contribution in [2.75, 3.05) is 16.2 Å². The number of sulfonamides is 1. The van der Waals surface area contributed by atoms with Crippen LogP contribution >= 0.6 is 11.6 Å². The molecule has 0 atom stereocenters. The number of hydrogen-bond acceptors (Lipinski definition) is 5. The predicted octanol–water partition coefficient (Wildman–Crippen LogP) is 3.54. The molecule has 0 unspecified atom stereocenters. The summed E-state index contributed by atoms with van der Waals surface area (Å²) in [7, 11) is -3.95. The van der Waals surface area contributed by atoms with Crippen molar-refractivity contribution >= 4 is 39.0 Å². The molecular formula is C19H20ClN5O3S. The first-order chi connectivity index (χ1) is 13.7. The number of carbonyl (C=O) groups excluding carboxylic acids is 1. The van der Waals surface area contributed by atoms with E-state index in [4.69, 9.17) is 11.6 Å². The molecule has 0 aliphatic heterocycles.